The van der Waals surface area contributed by atoms with Crippen LogP contribution in [0.4, 0.5) is 5.95 Å². The van der Waals surface area contributed by atoms with Crippen molar-refractivity contribution >= 4 is 24.7 Å². The zero-order valence-corrected chi connectivity index (χ0v) is 13.2. The van der Waals surface area contributed by atoms with Crippen LogP contribution in [0.3, 0.4) is 0 Å². The number of nitrogens with two attached hydrogens (primary N) is 1. The van der Waals surface area contributed by atoms with Crippen LogP contribution in [0, 0.1) is 0 Å². The summed E-state index contributed by atoms with van der Waals surface area (Å²) in [6.45, 7) is 2.40. The fourth-order valence-corrected chi connectivity index (χ4v) is 2.30. The van der Waals surface area contributed by atoms with E-state index in [0.29, 0.717) is 23.4 Å². The highest BCUT2D eigenvalue weighted by molar-refractivity contribution is 7.51. The van der Waals surface area contributed by atoms with E-state index < -0.39 is 13.9 Å². The van der Waals surface area contributed by atoms with Gasteiger partial charge in [0.05, 0.1) is 18.6 Å². The van der Waals surface area contributed by atoms with Crippen molar-refractivity contribution < 1.29 is 19.1 Å². The highest BCUT2D eigenvalue weighted by Crippen LogP contribution is 2.33. The zero-order valence-electron chi connectivity index (χ0n) is 12.3. The lowest BCUT2D eigenvalue weighted by atomic mass is 10.2. The van der Waals surface area contributed by atoms with Crippen molar-refractivity contribution in [3.8, 4) is 0 Å². The fourth-order valence-electron chi connectivity index (χ4n) is 1.93. The second-order valence-corrected chi connectivity index (χ2v) is 6.38. The van der Waals surface area contributed by atoms with E-state index in [1.165, 1.54) is 0 Å². The van der Waals surface area contributed by atoms with Crippen molar-refractivity contribution in [1.82, 2.24) is 24.8 Å². The monoisotopic (exact) mass is 330 g/mol. The van der Waals surface area contributed by atoms with Gasteiger partial charge in [0.25, 0.3) is 0 Å². The summed E-state index contributed by atoms with van der Waals surface area (Å²) in [7, 11) is -2.35. The molecule has 122 valence electrons. The Labute approximate surface area is 126 Å². The van der Waals surface area contributed by atoms with Crippen molar-refractivity contribution in [2.75, 3.05) is 25.7 Å². The Morgan fingerprint density at radius 2 is 2.23 bits per heavy atom. The van der Waals surface area contributed by atoms with E-state index in [-0.39, 0.29) is 18.6 Å². The van der Waals surface area contributed by atoms with E-state index in [0.717, 1.165) is 0 Å². The van der Waals surface area contributed by atoms with Gasteiger partial charge in [-0.25, -0.2) is 9.97 Å². The van der Waals surface area contributed by atoms with Gasteiger partial charge in [-0.15, -0.1) is 0 Å². The van der Waals surface area contributed by atoms with Gasteiger partial charge in [0.2, 0.25) is 5.95 Å². The molecule has 0 aliphatic carbocycles. The molecule has 10 nitrogen and oxygen atoms in total. The largest absolute Gasteiger partial charge is 0.368 e. The smallest absolute Gasteiger partial charge is 0.350 e. The van der Waals surface area contributed by atoms with Crippen LogP contribution in [0.5, 0.6) is 0 Å². The zero-order chi connectivity index (χ0) is 16.3. The molecule has 0 bridgehead atoms. The minimum atomic E-state index is -4.15. The molecule has 0 aliphatic rings. The van der Waals surface area contributed by atoms with Crippen molar-refractivity contribution in [3.05, 3.63) is 12.0 Å². The summed E-state index contributed by atoms with van der Waals surface area (Å²) in [5.41, 5.74) is 7.62. The average molecular weight is 330 g/mol. The van der Waals surface area contributed by atoms with Gasteiger partial charge in [0, 0.05) is 12.6 Å². The Morgan fingerprint density at radius 3 is 2.86 bits per heavy atom. The molecule has 0 fully saturated rings. The molecule has 0 radical (unpaired) electrons. The molecular formula is C11H19N6O4P. The average Bonchev–Trinajstić information content (AvgIpc) is 2.84. The Bertz CT molecular complexity index is 699. The summed E-state index contributed by atoms with van der Waals surface area (Å²) in [6, 6.07) is -0.0398. The van der Waals surface area contributed by atoms with Crippen LogP contribution in [0.2, 0.25) is 0 Å². The number of ether oxygens (including phenoxy) is 1. The van der Waals surface area contributed by atoms with Gasteiger partial charge in [0.15, 0.2) is 5.65 Å². The van der Waals surface area contributed by atoms with Crippen molar-refractivity contribution in [1.29, 1.82) is 0 Å². The molecule has 2 aromatic heterocycles. The van der Waals surface area contributed by atoms with Gasteiger partial charge < -0.3 is 30.1 Å². The van der Waals surface area contributed by atoms with Gasteiger partial charge in [-0.05, 0) is 14.0 Å². The van der Waals surface area contributed by atoms with Gasteiger partial charge in [-0.2, -0.15) is 4.98 Å². The van der Waals surface area contributed by atoms with Crippen molar-refractivity contribution in [2.45, 2.75) is 19.5 Å². The van der Waals surface area contributed by atoms with Crippen LogP contribution >= 0.6 is 7.60 Å². The first-order valence-electron chi connectivity index (χ1n) is 6.59. The van der Waals surface area contributed by atoms with E-state index in [1.54, 1.807) is 10.9 Å². The molecule has 1 unspecified atom stereocenters. The lowest BCUT2D eigenvalue weighted by molar-refractivity contribution is 0.149. The Kier molecular flexibility index (Phi) is 5.09. The summed E-state index contributed by atoms with van der Waals surface area (Å²) in [5.74, 6) is 0.141. The topological polar surface area (TPSA) is 148 Å². The number of nitrogens with zero attached hydrogens (tertiary/aromatic N) is 4. The second-order valence-electron chi connectivity index (χ2n) is 4.79. The van der Waals surface area contributed by atoms with Crippen molar-refractivity contribution in [2.24, 2.45) is 0 Å². The first kappa shape index (κ1) is 16.8. The molecular weight excluding hydrogens is 311 g/mol. The molecule has 0 saturated carbocycles. The first-order chi connectivity index (χ1) is 10.3. The molecule has 2 aromatic rings. The summed E-state index contributed by atoms with van der Waals surface area (Å²) in [4.78, 5) is 30.1. The van der Waals surface area contributed by atoms with Crippen LogP contribution < -0.4 is 11.1 Å². The molecule has 0 amide bonds. The molecule has 11 heteroatoms. The molecule has 0 saturated heterocycles. The highest BCUT2D eigenvalue weighted by Gasteiger charge is 2.17. The number of nitrogens with one attached hydrogen (secondary N) is 1. The van der Waals surface area contributed by atoms with Crippen LogP contribution in [0.15, 0.2) is 6.33 Å². The lowest BCUT2D eigenvalue weighted by Crippen LogP contribution is -2.16. The number of imidazole rings is 1. The van der Waals surface area contributed by atoms with Crippen LogP contribution in [0.1, 0.15) is 18.7 Å². The molecule has 0 aliphatic heterocycles. The van der Waals surface area contributed by atoms with E-state index >= 15 is 0 Å². The van der Waals surface area contributed by atoms with Gasteiger partial charge >= 0.3 is 7.60 Å². The normalized spacial score (nSPS) is 13.6. The summed E-state index contributed by atoms with van der Waals surface area (Å²) in [6.07, 6.45) is 0.963. The maximum absolute atomic E-state index is 10.7. The predicted molar refractivity (Wildman–Crippen MR) is 80.1 cm³/mol. The number of nitrogen functional groups attached to an aromatic ring is 1. The van der Waals surface area contributed by atoms with E-state index in [1.807, 2.05) is 14.0 Å². The number of fused-ring (bicyclic) bond motifs is 1. The van der Waals surface area contributed by atoms with Gasteiger partial charge in [0.1, 0.15) is 11.9 Å². The SMILES string of the molecule is CNC(C)c1nc(N)nc2c1ncn2CCOCP(=O)(O)O. The number of hydrogen-bond acceptors (Lipinski definition) is 7. The van der Waals surface area contributed by atoms with E-state index in [4.69, 9.17) is 20.3 Å². The third-order valence-corrected chi connectivity index (χ3v) is 3.61. The fraction of sp³-hybridized carbons (Fsp3) is 0.545. The van der Waals surface area contributed by atoms with E-state index in [2.05, 4.69) is 20.3 Å². The number of hydrogen-bond donors (Lipinski definition) is 4. The Hall–Kier alpha value is -1.58. The molecule has 5 N–H and O–H groups in total. The van der Waals surface area contributed by atoms with E-state index in [9.17, 15) is 4.57 Å². The second kappa shape index (κ2) is 6.67. The third-order valence-electron chi connectivity index (χ3n) is 3.09. The summed E-state index contributed by atoms with van der Waals surface area (Å²) in [5, 5.41) is 3.07. The number of rotatable bonds is 7. The standard InChI is InChI=1S/C11H19N6O4P/c1-7(13-2)8-9-10(16-11(12)15-8)17(5-14-9)3-4-21-6-22(18,19)20/h5,7,13H,3-4,6H2,1-2H3,(H2,12,15,16)(H2,18,19,20). The van der Waals surface area contributed by atoms with Crippen LogP contribution in [-0.4, -0.2) is 49.3 Å². The summed E-state index contributed by atoms with van der Waals surface area (Å²) < 4.78 is 17.4. The predicted octanol–water partition coefficient (Wildman–Crippen LogP) is -0.159. The minimum Gasteiger partial charge on any atom is -0.368 e. The van der Waals surface area contributed by atoms with Gasteiger partial charge in [-0.3, -0.25) is 4.57 Å². The molecule has 2 rings (SSSR count). The molecule has 2 heterocycles. The third kappa shape index (κ3) is 3.99. The maximum atomic E-state index is 10.7. The van der Waals surface area contributed by atoms with Crippen LogP contribution in [-0.2, 0) is 15.8 Å². The Balaban J connectivity index is 2.18. The molecule has 1 atom stereocenters. The maximum Gasteiger partial charge on any atom is 0.350 e. The molecule has 22 heavy (non-hydrogen) atoms. The quantitative estimate of drug-likeness (QED) is 0.401. The first-order valence-corrected chi connectivity index (χ1v) is 8.39. The molecule has 0 spiro atoms. The minimum absolute atomic E-state index is 0.0398. The number of aromatic nitrogens is 4. The highest BCUT2D eigenvalue weighted by atomic mass is 31.2. The van der Waals surface area contributed by atoms with Crippen molar-refractivity contribution in [3.63, 3.8) is 0 Å². The lowest BCUT2D eigenvalue weighted by Gasteiger charge is -2.11. The molecule has 0 aromatic carbocycles. The van der Waals surface area contributed by atoms with Crippen LogP contribution in [0.25, 0.3) is 11.2 Å². The Morgan fingerprint density at radius 1 is 1.50 bits per heavy atom. The number of anilines is 1. The summed E-state index contributed by atoms with van der Waals surface area (Å²) >= 11 is 0. The van der Waals surface area contributed by atoms with Gasteiger partial charge in [-0.1, -0.05) is 0 Å².